The summed E-state index contributed by atoms with van der Waals surface area (Å²) in [7, 11) is 0. The van der Waals surface area contributed by atoms with Crippen molar-refractivity contribution in [1.82, 2.24) is 4.90 Å². The van der Waals surface area contributed by atoms with E-state index in [0.717, 1.165) is 26.3 Å². The summed E-state index contributed by atoms with van der Waals surface area (Å²) in [5.74, 6) is 0.0930. The van der Waals surface area contributed by atoms with E-state index in [9.17, 15) is 4.79 Å². The third-order valence-electron chi connectivity index (χ3n) is 3.61. The number of hydrogen-bond donors (Lipinski definition) is 0. The van der Waals surface area contributed by atoms with Crippen LogP contribution in [0.15, 0.2) is 41.8 Å². The van der Waals surface area contributed by atoms with Gasteiger partial charge in [0.15, 0.2) is 5.78 Å². The number of thioether (sulfide) groups is 1. The van der Waals surface area contributed by atoms with Crippen molar-refractivity contribution < 1.29 is 9.53 Å². The lowest BCUT2D eigenvalue weighted by atomic mass is 9.99. The Labute approximate surface area is 125 Å². The first-order chi connectivity index (χ1) is 9.74. The van der Waals surface area contributed by atoms with Crippen LogP contribution in [0.4, 0.5) is 0 Å². The largest absolute Gasteiger partial charge is 0.379 e. The third-order valence-corrected chi connectivity index (χ3v) is 4.35. The molecule has 1 heterocycles. The number of nitrogens with zero attached hydrogens (tertiary/aromatic N) is 1. The Morgan fingerprint density at radius 1 is 1.40 bits per heavy atom. The summed E-state index contributed by atoms with van der Waals surface area (Å²) in [5, 5.41) is 0. The minimum absolute atomic E-state index is 0.0930. The van der Waals surface area contributed by atoms with Crippen LogP contribution in [-0.2, 0) is 9.53 Å². The molecule has 1 saturated heterocycles. The van der Waals surface area contributed by atoms with Gasteiger partial charge in [0.25, 0.3) is 0 Å². The summed E-state index contributed by atoms with van der Waals surface area (Å²) in [4.78, 5) is 15.4. The highest BCUT2D eigenvalue weighted by Crippen LogP contribution is 2.27. The summed E-state index contributed by atoms with van der Waals surface area (Å²) in [5.41, 5.74) is 1.19. The van der Waals surface area contributed by atoms with Gasteiger partial charge in [-0.15, -0.1) is 11.8 Å². The Kier molecular flexibility index (Phi) is 5.83. The Hall–Kier alpha value is -1.10. The van der Waals surface area contributed by atoms with Gasteiger partial charge in [0, 0.05) is 30.4 Å². The summed E-state index contributed by atoms with van der Waals surface area (Å²) < 4.78 is 5.40. The highest BCUT2D eigenvalue weighted by Gasteiger charge is 2.24. The normalized spacial score (nSPS) is 17.6. The lowest BCUT2D eigenvalue weighted by molar-refractivity contribution is -0.116. The number of rotatable bonds is 6. The molecule has 0 N–H and O–H groups in total. The van der Waals surface area contributed by atoms with Gasteiger partial charge in [-0.1, -0.05) is 18.7 Å². The van der Waals surface area contributed by atoms with Crippen LogP contribution in [0.25, 0.3) is 0 Å². The zero-order chi connectivity index (χ0) is 14.4. The lowest BCUT2D eigenvalue weighted by Crippen LogP contribution is -2.39. The molecule has 0 radical (unpaired) electrons. The van der Waals surface area contributed by atoms with Crippen LogP contribution in [0.1, 0.15) is 18.0 Å². The second-order valence-electron chi connectivity index (χ2n) is 4.81. The monoisotopic (exact) mass is 291 g/mol. The van der Waals surface area contributed by atoms with Gasteiger partial charge in [-0.05, 0) is 30.0 Å². The van der Waals surface area contributed by atoms with Gasteiger partial charge < -0.3 is 4.74 Å². The predicted octanol–water partition coefficient (Wildman–Crippen LogP) is 2.93. The fourth-order valence-electron chi connectivity index (χ4n) is 2.45. The van der Waals surface area contributed by atoms with E-state index in [4.69, 9.17) is 4.74 Å². The van der Waals surface area contributed by atoms with Crippen molar-refractivity contribution in [3.8, 4) is 0 Å². The van der Waals surface area contributed by atoms with E-state index in [1.54, 1.807) is 11.8 Å². The molecule has 1 aromatic rings. The van der Waals surface area contributed by atoms with Crippen molar-refractivity contribution in [3.63, 3.8) is 0 Å². The molecule has 1 aliphatic heterocycles. The van der Waals surface area contributed by atoms with Crippen LogP contribution in [0.2, 0.25) is 0 Å². The van der Waals surface area contributed by atoms with E-state index in [1.807, 2.05) is 0 Å². The maximum Gasteiger partial charge on any atom is 0.157 e. The molecule has 1 aliphatic rings. The number of ketones is 1. The molecule has 0 bridgehead atoms. The molecule has 1 aromatic carbocycles. The summed E-state index contributed by atoms with van der Waals surface area (Å²) >= 11 is 1.73. The third kappa shape index (κ3) is 3.95. The van der Waals surface area contributed by atoms with Gasteiger partial charge in [-0.3, -0.25) is 9.69 Å². The highest BCUT2D eigenvalue weighted by molar-refractivity contribution is 7.98. The number of benzene rings is 1. The second-order valence-corrected chi connectivity index (χ2v) is 5.69. The van der Waals surface area contributed by atoms with Gasteiger partial charge in [-0.25, -0.2) is 0 Å². The Morgan fingerprint density at radius 2 is 2.05 bits per heavy atom. The fourth-order valence-corrected chi connectivity index (χ4v) is 2.86. The van der Waals surface area contributed by atoms with Crippen LogP contribution in [0.3, 0.4) is 0 Å². The Balaban J connectivity index is 2.18. The van der Waals surface area contributed by atoms with Gasteiger partial charge in [0.05, 0.1) is 13.2 Å². The standard InChI is InChI=1S/C16H21NO2S/c1-3-14(18)12-16(17-8-10-19-11-9-17)13-4-6-15(20-2)7-5-13/h3-7,16H,1,8-12H2,2H3. The molecule has 0 aromatic heterocycles. The van der Waals surface area contributed by atoms with Crippen molar-refractivity contribution in [1.29, 1.82) is 0 Å². The van der Waals surface area contributed by atoms with E-state index in [2.05, 4.69) is 42.0 Å². The van der Waals surface area contributed by atoms with E-state index >= 15 is 0 Å². The van der Waals surface area contributed by atoms with Gasteiger partial charge in [-0.2, -0.15) is 0 Å². The number of morpholine rings is 1. The van der Waals surface area contributed by atoms with Crippen molar-refractivity contribution in [2.24, 2.45) is 0 Å². The topological polar surface area (TPSA) is 29.5 Å². The highest BCUT2D eigenvalue weighted by atomic mass is 32.2. The number of allylic oxidation sites excluding steroid dienone is 1. The van der Waals surface area contributed by atoms with E-state index < -0.39 is 0 Å². The predicted molar refractivity (Wildman–Crippen MR) is 83.2 cm³/mol. The number of carbonyl (C=O) groups excluding carboxylic acids is 1. The van der Waals surface area contributed by atoms with Crippen LogP contribution < -0.4 is 0 Å². The quantitative estimate of drug-likeness (QED) is 0.595. The van der Waals surface area contributed by atoms with Crippen molar-refractivity contribution >= 4 is 17.5 Å². The first-order valence-corrected chi connectivity index (χ1v) is 8.08. The molecule has 4 heteroatoms. The number of carbonyl (C=O) groups is 1. The maximum absolute atomic E-state index is 11.8. The zero-order valence-electron chi connectivity index (χ0n) is 11.9. The molecule has 0 amide bonds. The van der Waals surface area contributed by atoms with E-state index in [-0.39, 0.29) is 11.8 Å². The summed E-state index contributed by atoms with van der Waals surface area (Å²) in [6.45, 7) is 6.81. The molecular weight excluding hydrogens is 270 g/mol. The minimum atomic E-state index is 0.0930. The van der Waals surface area contributed by atoms with Crippen molar-refractivity contribution in [2.75, 3.05) is 32.6 Å². The molecule has 1 fully saturated rings. The maximum atomic E-state index is 11.8. The molecule has 1 unspecified atom stereocenters. The van der Waals surface area contributed by atoms with Crippen molar-refractivity contribution in [2.45, 2.75) is 17.4 Å². The number of hydrogen-bond acceptors (Lipinski definition) is 4. The molecule has 0 saturated carbocycles. The Bertz CT molecular complexity index is 452. The van der Waals surface area contributed by atoms with Crippen LogP contribution in [0, 0.1) is 0 Å². The van der Waals surface area contributed by atoms with E-state index in [1.165, 1.54) is 16.5 Å². The van der Waals surface area contributed by atoms with Crippen LogP contribution >= 0.6 is 11.8 Å². The molecule has 3 nitrogen and oxygen atoms in total. The van der Waals surface area contributed by atoms with Crippen molar-refractivity contribution in [3.05, 3.63) is 42.5 Å². The second kappa shape index (κ2) is 7.62. The fraction of sp³-hybridized carbons (Fsp3) is 0.438. The van der Waals surface area contributed by atoms with Gasteiger partial charge in [0.2, 0.25) is 0 Å². The molecule has 0 spiro atoms. The van der Waals surface area contributed by atoms with Crippen LogP contribution in [0.5, 0.6) is 0 Å². The van der Waals surface area contributed by atoms with E-state index in [0.29, 0.717) is 6.42 Å². The van der Waals surface area contributed by atoms with Gasteiger partial charge in [0.1, 0.15) is 0 Å². The molecule has 0 aliphatic carbocycles. The summed E-state index contributed by atoms with van der Waals surface area (Å²) in [6, 6.07) is 8.61. The summed E-state index contributed by atoms with van der Waals surface area (Å²) in [6.07, 6.45) is 3.97. The smallest absolute Gasteiger partial charge is 0.157 e. The minimum Gasteiger partial charge on any atom is -0.379 e. The molecule has 108 valence electrons. The van der Waals surface area contributed by atoms with Crippen LogP contribution in [-0.4, -0.2) is 43.2 Å². The Morgan fingerprint density at radius 3 is 2.60 bits per heavy atom. The van der Waals surface area contributed by atoms with Gasteiger partial charge >= 0.3 is 0 Å². The number of ether oxygens (including phenoxy) is 1. The average molecular weight is 291 g/mol. The molecule has 20 heavy (non-hydrogen) atoms. The lowest BCUT2D eigenvalue weighted by Gasteiger charge is -2.34. The first kappa shape index (κ1) is 15.3. The molecule has 1 atom stereocenters. The SMILES string of the molecule is C=CC(=O)CC(c1ccc(SC)cc1)N1CCOCC1. The molecule has 2 rings (SSSR count). The average Bonchev–Trinajstić information content (AvgIpc) is 2.53. The zero-order valence-corrected chi connectivity index (χ0v) is 12.7. The molecular formula is C16H21NO2S. The first-order valence-electron chi connectivity index (χ1n) is 6.85.